The van der Waals surface area contributed by atoms with Gasteiger partial charge in [-0.3, -0.25) is 4.79 Å². The normalized spacial score (nSPS) is 10.0. The number of carbonyl (C=O) groups is 1. The maximum atomic E-state index is 11.0. The number of rotatable bonds is 3. The van der Waals surface area contributed by atoms with E-state index in [9.17, 15) is 9.90 Å². The largest absolute Gasteiger partial charge is 0.506 e. The molecule has 0 fully saturated rings. The highest BCUT2D eigenvalue weighted by molar-refractivity contribution is 6.32. The fourth-order valence-electron chi connectivity index (χ4n) is 0.962. The van der Waals surface area contributed by atoms with E-state index in [0.717, 1.165) is 0 Å². The van der Waals surface area contributed by atoms with Gasteiger partial charge in [0, 0.05) is 12.0 Å². The van der Waals surface area contributed by atoms with E-state index in [0.29, 0.717) is 5.56 Å². The second-order valence-electron chi connectivity index (χ2n) is 2.60. The Bertz CT molecular complexity index is 323. The molecule has 1 aromatic carbocycles. The van der Waals surface area contributed by atoms with Crippen LogP contribution < -0.4 is 0 Å². The molecule has 1 aromatic rings. The van der Waals surface area contributed by atoms with Crippen LogP contribution in [0.15, 0.2) is 18.2 Å². The smallest absolute Gasteiger partial charge is 0.152 e. The number of phenols is 1. The van der Waals surface area contributed by atoms with Gasteiger partial charge in [0.05, 0.1) is 10.9 Å². The summed E-state index contributed by atoms with van der Waals surface area (Å²) in [5.41, 5.74) is 0.512. The fraction of sp³-hybridized carbons (Fsp3) is 0.222. The van der Waals surface area contributed by atoms with Gasteiger partial charge in [-0.05, 0) is 6.07 Å². The molecule has 0 saturated heterocycles. The molecule has 0 aromatic heterocycles. The van der Waals surface area contributed by atoms with Gasteiger partial charge in [0.1, 0.15) is 5.75 Å². The molecule has 0 bridgehead atoms. The zero-order valence-electron chi connectivity index (χ0n) is 6.76. The van der Waals surface area contributed by atoms with Crippen molar-refractivity contribution in [2.45, 2.75) is 6.42 Å². The van der Waals surface area contributed by atoms with Gasteiger partial charge in [-0.1, -0.05) is 23.7 Å². The Morgan fingerprint density at radius 1 is 1.46 bits per heavy atom. The SMILES string of the molecule is O=C(CCl)Cc1cccc(Cl)c1O. The number of hydrogen-bond acceptors (Lipinski definition) is 2. The first kappa shape index (κ1) is 10.4. The zero-order valence-corrected chi connectivity index (χ0v) is 8.27. The number of alkyl halides is 1. The predicted octanol–water partition coefficient (Wildman–Crippen LogP) is 2.40. The van der Waals surface area contributed by atoms with Crippen molar-refractivity contribution in [2.24, 2.45) is 0 Å². The number of aromatic hydroxyl groups is 1. The summed E-state index contributed by atoms with van der Waals surface area (Å²) >= 11 is 11.0. The molecule has 0 heterocycles. The summed E-state index contributed by atoms with van der Waals surface area (Å²) in [5, 5.41) is 9.66. The second kappa shape index (κ2) is 4.49. The molecule has 70 valence electrons. The molecule has 0 saturated carbocycles. The summed E-state index contributed by atoms with van der Waals surface area (Å²) in [5.74, 6) is -0.228. The van der Waals surface area contributed by atoms with E-state index in [2.05, 4.69) is 0 Å². The molecule has 0 aliphatic carbocycles. The molecule has 13 heavy (non-hydrogen) atoms. The third kappa shape index (κ3) is 2.61. The van der Waals surface area contributed by atoms with Crippen LogP contribution in [0, 0.1) is 0 Å². The second-order valence-corrected chi connectivity index (χ2v) is 3.27. The summed E-state index contributed by atoms with van der Waals surface area (Å²) in [6, 6.07) is 4.89. The van der Waals surface area contributed by atoms with E-state index >= 15 is 0 Å². The molecule has 0 amide bonds. The van der Waals surface area contributed by atoms with E-state index in [1.807, 2.05) is 0 Å². The minimum atomic E-state index is -0.140. The molecule has 0 atom stereocenters. The molecular formula is C9H8Cl2O2. The maximum Gasteiger partial charge on any atom is 0.152 e. The molecule has 0 spiro atoms. The van der Waals surface area contributed by atoms with Crippen LogP contribution in [0.4, 0.5) is 0 Å². The highest BCUT2D eigenvalue weighted by atomic mass is 35.5. The Kier molecular flexibility index (Phi) is 3.58. The van der Waals surface area contributed by atoms with Crippen molar-refractivity contribution in [1.29, 1.82) is 0 Å². The van der Waals surface area contributed by atoms with Crippen molar-refractivity contribution in [3.63, 3.8) is 0 Å². The third-order valence-corrected chi connectivity index (χ3v) is 2.21. The van der Waals surface area contributed by atoms with Gasteiger partial charge in [0.15, 0.2) is 5.78 Å². The topological polar surface area (TPSA) is 37.3 Å². The summed E-state index contributed by atoms with van der Waals surface area (Å²) in [6.07, 6.45) is 0.121. The molecule has 2 nitrogen and oxygen atoms in total. The average Bonchev–Trinajstić information content (AvgIpc) is 2.13. The summed E-state index contributed by atoms with van der Waals surface area (Å²) in [4.78, 5) is 11.0. The van der Waals surface area contributed by atoms with Crippen LogP contribution in [0.3, 0.4) is 0 Å². The number of benzene rings is 1. The summed E-state index contributed by atoms with van der Waals surface area (Å²) in [7, 11) is 0. The molecule has 1 N–H and O–H groups in total. The number of phenolic OH excluding ortho intramolecular Hbond substituents is 1. The minimum absolute atomic E-state index is 0.0392. The van der Waals surface area contributed by atoms with Gasteiger partial charge in [0.2, 0.25) is 0 Å². The summed E-state index contributed by atoms with van der Waals surface area (Å²) in [6.45, 7) is 0. The van der Waals surface area contributed by atoms with Gasteiger partial charge in [-0.2, -0.15) is 0 Å². The van der Waals surface area contributed by atoms with Crippen LogP contribution in [0.1, 0.15) is 5.56 Å². The highest BCUT2D eigenvalue weighted by Gasteiger charge is 2.08. The number of ketones is 1. The first-order chi connectivity index (χ1) is 6.15. The maximum absolute atomic E-state index is 11.0. The Hall–Kier alpha value is -0.730. The van der Waals surface area contributed by atoms with Crippen LogP contribution >= 0.6 is 23.2 Å². The number of Topliss-reactive ketones (excluding diaryl/α,β-unsaturated/α-hetero) is 1. The van der Waals surface area contributed by atoms with E-state index in [1.165, 1.54) is 0 Å². The van der Waals surface area contributed by atoms with Gasteiger partial charge in [0.25, 0.3) is 0 Å². The van der Waals surface area contributed by atoms with Crippen molar-refractivity contribution in [3.05, 3.63) is 28.8 Å². The number of carbonyl (C=O) groups excluding carboxylic acids is 1. The van der Waals surface area contributed by atoms with Gasteiger partial charge in [-0.25, -0.2) is 0 Å². The summed E-state index contributed by atoms with van der Waals surface area (Å²) < 4.78 is 0. The minimum Gasteiger partial charge on any atom is -0.506 e. The van der Waals surface area contributed by atoms with E-state index < -0.39 is 0 Å². The van der Waals surface area contributed by atoms with E-state index in [1.54, 1.807) is 18.2 Å². The van der Waals surface area contributed by atoms with Gasteiger partial charge in [-0.15, -0.1) is 11.6 Å². The number of hydrogen-bond donors (Lipinski definition) is 1. The number of para-hydroxylation sites is 1. The van der Waals surface area contributed by atoms with Crippen molar-refractivity contribution in [3.8, 4) is 5.75 Å². The van der Waals surface area contributed by atoms with Gasteiger partial charge >= 0.3 is 0 Å². The van der Waals surface area contributed by atoms with Crippen LogP contribution in [0.25, 0.3) is 0 Å². The first-order valence-electron chi connectivity index (χ1n) is 3.69. The predicted molar refractivity (Wildman–Crippen MR) is 52.5 cm³/mol. The van der Waals surface area contributed by atoms with Crippen LogP contribution in [0.2, 0.25) is 5.02 Å². The Morgan fingerprint density at radius 3 is 2.77 bits per heavy atom. The standard InChI is InChI=1S/C9H8Cl2O2/c10-5-7(12)4-6-2-1-3-8(11)9(6)13/h1-3,13H,4-5H2. The lowest BCUT2D eigenvalue weighted by Gasteiger charge is -2.03. The molecule has 0 aliphatic rings. The van der Waals surface area contributed by atoms with Crippen LogP contribution in [0.5, 0.6) is 5.75 Å². The Balaban J connectivity index is 2.89. The zero-order chi connectivity index (χ0) is 9.84. The third-order valence-electron chi connectivity index (χ3n) is 1.61. The Labute approximate surface area is 86.1 Å². The molecular weight excluding hydrogens is 211 g/mol. The average molecular weight is 219 g/mol. The highest BCUT2D eigenvalue weighted by Crippen LogP contribution is 2.27. The van der Waals surface area contributed by atoms with Crippen LogP contribution in [-0.4, -0.2) is 16.8 Å². The van der Waals surface area contributed by atoms with Crippen molar-refractivity contribution in [1.82, 2.24) is 0 Å². The monoisotopic (exact) mass is 218 g/mol. The lowest BCUT2D eigenvalue weighted by Crippen LogP contribution is -2.03. The molecule has 0 aliphatic heterocycles. The first-order valence-corrected chi connectivity index (χ1v) is 4.60. The van der Waals surface area contributed by atoms with Crippen molar-refractivity contribution < 1.29 is 9.90 Å². The van der Waals surface area contributed by atoms with Gasteiger partial charge < -0.3 is 5.11 Å². The van der Waals surface area contributed by atoms with Crippen molar-refractivity contribution >= 4 is 29.0 Å². The Morgan fingerprint density at radius 2 is 2.15 bits per heavy atom. The molecule has 4 heteroatoms. The van der Waals surface area contributed by atoms with Crippen LogP contribution in [-0.2, 0) is 11.2 Å². The lowest BCUT2D eigenvalue weighted by atomic mass is 10.1. The molecule has 0 radical (unpaired) electrons. The fourth-order valence-corrected chi connectivity index (χ4v) is 1.25. The molecule has 0 unspecified atom stereocenters. The van der Waals surface area contributed by atoms with Crippen molar-refractivity contribution in [2.75, 3.05) is 5.88 Å². The quantitative estimate of drug-likeness (QED) is 0.792. The lowest BCUT2D eigenvalue weighted by molar-refractivity contribution is -0.116. The van der Waals surface area contributed by atoms with E-state index in [-0.39, 0.29) is 28.9 Å². The number of halogens is 2. The molecule has 1 rings (SSSR count). The van der Waals surface area contributed by atoms with E-state index in [4.69, 9.17) is 23.2 Å².